The Morgan fingerprint density at radius 2 is 2.20 bits per heavy atom. The third-order valence-electron chi connectivity index (χ3n) is 2.77. The third kappa shape index (κ3) is 4.68. The smallest absolute Gasteiger partial charge is 0.134 e. The van der Waals surface area contributed by atoms with Gasteiger partial charge in [0.2, 0.25) is 0 Å². The van der Waals surface area contributed by atoms with E-state index in [0.717, 1.165) is 30.3 Å². The summed E-state index contributed by atoms with van der Waals surface area (Å²) in [7, 11) is 1.70. The van der Waals surface area contributed by atoms with Crippen molar-refractivity contribution in [2.24, 2.45) is 0 Å². The number of aryl methyl sites for hydroxylation is 1. The number of nitrogens with one attached hydrogen (secondary N) is 1. The number of rotatable bonds is 8. The molecule has 5 nitrogen and oxygen atoms in total. The molecule has 20 heavy (non-hydrogen) atoms. The molecule has 0 amide bonds. The second-order valence-corrected chi connectivity index (χ2v) is 4.53. The van der Waals surface area contributed by atoms with Crippen molar-refractivity contribution < 1.29 is 14.0 Å². The zero-order valence-electron chi connectivity index (χ0n) is 11.9. The second-order valence-electron chi connectivity index (χ2n) is 4.53. The molecule has 0 atom stereocenters. The van der Waals surface area contributed by atoms with E-state index in [2.05, 4.69) is 16.5 Å². The normalized spacial score (nSPS) is 10.7. The van der Waals surface area contributed by atoms with Gasteiger partial charge in [-0.15, -0.1) is 0 Å². The van der Waals surface area contributed by atoms with Crippen LogP contribution in [0.4, 0.5) is 0 Å². The molecular formula is C15H20N2O3. The van der Waals surface area contributed by atoms with Crippen LogP contribution in [0.1, 0.15) is 17.0 Å². The number of hydrogen-bond donors (Lipinski definition) is 1. The molecule has 0 spiro atoms. The molecular weight excluding hydrogens is 256 g/mol. The van der Waals surface area contributed by atoms with Gasteiger partial charge in [-0.2, -0.15) is 0 Å². The summed E-state index contributed by atoms with van der Waals surface area (Å²) in [6.07, 6.45) is 0. The molecule has 0 radical (unpaired) electrons. The molecule has 0 fully saturated rings. The average molecular weight is 276 g/mol. The monoisotopic (exact) mass is 276 g/mol. The molecule has 0 aliphatic heterocycles. The van der Waals surface area contributed by atoms with Gasteiger partial charge >= 0.3 is 0 Å². The van der Waals surface area contributed by atoms with Crippen molar-refractivity contribution in [3.8, 4) is 5.75 Å². The van der Waals surface area contributed by atoms with Gasteiger partial charge in [-0.3, -0.25) is 0 Å². The van der Waals surface area contributed by atoms with Gasteiger partial charge in [0.25, 0.3) is 0 Å². The van der Waals surface area contributed by atoms with Crippen LogP contribution in [0.3, 0.4) is 0 Å². The first-order chi connectivity index (χ1) is 9.78. The summed E-state index contributed by atoms with van der Waals surface area (Å²) in [5.74, 6) is 1.62. The van der Waals surface area contributed by atoms with E-state index in [1.807, 2.05) is 31.2 Å². The van der Waals surface area contributed by atoms with E-state index in [9.17, 15) is 0 Å². The van der Waals surface area contributed by atoms with E-state index < -0.39 is 0 Å². The van der Waals surface area contributed by atoms with Gasteiger partial charge in [-0.25, -0.2) is 0 Å². The Labute approximate surface area is 118 Å². The highest BCUT2D eigenvalue weighted by Crippen LogP contribution is 2.15. The highest BCUT2D eigenvalue weighted by Gasteiger charge is 2.02. The van der Waals surface area contributed by atoms with E-state index >= 15 is 0 Å². The van der Waals surface area contributed by atoms with Crippen LogP contribution in [0, 0.1) is 6.92 Å². The first-order valence-electron chi connectivity index (χ1n) is 6.61. The van der Waals surface area contributed by atoms with Crippen LogP contribution < -0.4 is 10.1 Å². The molecule has 108 valence electrons. The summed E-state index contributed by atoms with van der Waals surface area (Å²) in [6, 6.07) is 9.87. The molecule has 0 aliphatic rings. The first kappa shape index (κ1) is 14.6. The van der Waals surface area contributed by atoms with E-state index in [4.69, 9.17) is 14.0 Å². The number of nitrogens with zero attached hydrogens (tertiary/aromatic N) is 1. The highest BCUT2D eigenvalue weighted by molar-refractivity contribution is 5.28. The lowest BCUT2D eigenvalue weighted by Gasteiger charge is -2.07. The quantitative estimate of drug-likeness (QED) is 0.750. The maximum absolute atomic E-state index is 5.70. The summed E-state index contributed by atoms with van der Waals surface area (Å²) in [6.45, 7) is 4.62. The van der Waals surface area contributed by atoms with Gasteiger partial charge in [0, 0.05) is 26.3 Å². The summed E-state index contributed by atoms with van der Waals surface area (Å²) in [5, 5.41) is 7.20. The highest BCUT2D eigenvalue weighted by atomic mass is 16.5. The van der Waals surface area contributed by atoms with Crippen LogP contribution in [0.2, 0.25) is 0 Å². The maximum Gasteiger partial charge on any atom is 0.134 e. The maximum atomic E-state index is 5.70. The summed E-state index contributed by atoms with van der Waals surface area (Å²) in [5.41, 5.74) is 1.97. The number of ether oxygens (including phenoxy) is 2. The molecule has 0 saturated heterocycles. The van der Waals surface area contributed by atoms with Gasteiger partial charge in [-0.05, 0) is 24.6 Å². The molecule has 0 bridgehead atoms. The molecule has 2 aromatic rings. The van der Waals surface area contributed by atoms with Crippen molar-refractivity contribution >= 4 is 0 Å². The SMILES string of the molecule is COCCNCc1cccc(OCc2cc(C)on2)c1. The molecule has 1 N–H and O–H groups in total. The Morgan fingerprint density at radius 3 is 2.95 bits per heavy atom. The summed E-state index contributed by atoms with van der Waals surface area (Å²) < 4.78 is 15.7. The fourth-order valence-corrected chi connectivity index (χ4v) is 1.80. The average Bonchev–Trinajstić information content (AvgIpc) is 2.88. The third-order valence-corrected chi connectivity index (χ3v) is 2.77. The Bertz CT molecular complexity index is 525. The van der Waals surface area contributed by atoms with Gasteiger partial charge in [0.15, 0.2) is 0 Å². The molecule has 0 aliphatic carbocycles. The first-order valence-corrected chi connectivity index (χ1v) is 6.61. The standard InChI is InChI=1S/C15H20N2O3/c1-12-8-14(17-20-12)11-19-15-5-3-4-13(9-15)10-16-6-7-18-2/h3-5,8-9,16H,6-7,10-11H2,1-2H3. The number of methoxy groups -OCH3 is 1. The summed E-state index contributed by atoms with van der Waals surface area (Å²) in [4.78, 5) is 0. The molecule has 1 aromatic carbocycles. The molecule has 2 rings (SSSR count). The van der Waals surface area contributed by atoms with E-state index in [-0.39, 0.29) is 0 Å². The van der Waals surface area contributed by atoms with Gasteiger partial charge in [-0.1, -0.05) is 17.3 Å². The zero-order chi connectivity index (χ0) is 14.2. The number of aromatic nitrogens is 1. The number of hydrogen-bond acceptors (Lipinski definition) is 5. The van der Waals surface area contributed by atoms with Crippen molar-refractivity contribution in [3.05, 3.63) is 47.3 Å². The van der Waals surface area contributed by atoms with Crippen molar-refractivity contribution in [3.63, 3.8) is 0 Å². The Kier molecular flexibility index (Phi) is 5.58. The predicted molar refractivity (Wildman–Crippen MR) is 75.6 cm³/mol. The Morgan fingerprint density at radius 1 is 1.30 bits per heavy atom. The minimum Gasteiger partial charge on any atom is -0.487 e. The lowest BCUT2D eigenvalue weighted by molar-refractivity contribution is 0.199. The fraction of sp³-hybridized carbons (Fsp3) is 0.400. The summed E-state index contributed by atoms with van der Waals surface area (Å²) >= 11 is 0. The minimum absolute atomic E-state index is 0.415. The van der Waals surface area contributed by atoms with E-state index in [1.54, 1.807) is 7.11 Å². The van der Waals surface area contributed by atoms with Gasteiger partial charge < -0.3 is 19.3 Å². The van der Waals surface area contributed by atoms with E-state index in [1.165, 1.54) is 5.56 Å². The topological polar surface area (TPSA) is 56.5 Å². The fourth-order valence-electron chi connectivity index (χ4n) is 1.80. The van der Waals surface area contributed by atoms with Crippen LogP contribution in [0.5, 0.6) is 5.75 Å². The van der Waals surface area contributed by atoms with Crippen LogP contribution >= 0.6 is 0 Å². The predicted octanol–water partition coefficient (Wildman–Crippen LogP) is 2.30. The van der Waals surface area contributed by atoms with Crippen molar-refractivity contribution in [2.75, 3.05) is 20.3 Å². The van der Waals surface area contributed by atoms with Crippen LogP contribution in [0.15, 0.2) is 34.9 Å². The van der Waals surface area contributed by atoms with E-state index in [0.29, 0.717) is 13.2 Å². The van der Waals surface area contributed by atoms with Gasteiger partial charge in [0.05, 0.1) is 6.61 Å². The van der Waals surface area contributed by atoms with Crippen LogP contribution in [-0.2, 0) is 17.9 Å². The van der Waals surface area contributed by atoms with Crippen LogP contribution in [-0.4, -0.2) is 25.4 Å². The largest absolute Gasteiger partial charge is 0.487 e. The molecule has 5 heteroatoms. The van der Waals surface area contributed by atoms with Crippen molar-refractivity contribution in [1.29, 1.82) is 0 Å². The minimum atomic E-state index is 0.415. The van der Waals surface area contributed by atoms with Crippen molar-refractivity contribution in [1.82, 2.24) is 10.5 Å². The molecule has 0 unspecified atom stereocenters. The van der Waals surface area contributed by atoms with Crippen molar-refractivity contribution in [2.45, 2.75) is 20.1 Å². The molecule has 1 aromatic heterocycles. The van der Waals surface area contributed by atoms with Crippen LogP contribution in [0.25, 0.3) is 0 Å². The second kappa shape index (κ2) is 7.67. The Balaban J connectivity index is 1.82. The Hall–Kier alpha value is -1.85. The molecule has 0 saturated carbocycles. The van der Waals surface area contributed by atoms with Gasteiger partial charge in [0.1, 0.15) is 23.8 Å². The lowest BCUT2D eigenvalue weighted by atomic mass is 10.2. The number of benzene rings is 1. The molecule has 1 heterocycles. The lowest BCUT2D eigenvalue weighted by Crippen LogP contribution is -2.18. The zero-order valence-corrected chi connectivity index (χ0v) is 11.9.